The first kappa shape index (κ1) is 19.4. The molecular formula is C15H16IN3O5S. The van der Waals surface area contributed by atoms with Crippen molar-refractivity contribution in [3.8, 4) is 0 Å². The molecule has 0 aromatic carbocycles. The molecule has 2 aromatic rings. The van der Waals surface area contributed by atoms with Gasteiger partial charge in [0.25, 0.3) is 5.91 Å². The van der Waals surface area contributed by atoms with Gasteiger partial charge in [-0.3, -0.25) is 9.48 Å². The van der Waals surface area contributed by atoms with Crippen molar-refractivity contribution in [3.05, 3.63) is 31.5 Å². The van der Waals surface area contributed by atoms with Crippen LogP contribution in [0, 0.1) is 10.5 Å². The van der Waals surface area contributed by atoms with Crippen LogP contribution in [0.3, 0.4) is 0 Å². The number of esters is 2. The molecule has 2 rings (SSSR count). The molecule has 8 nitrogen and oxygen atoms in total. The summed E-state index contributed by atoms with van der Waals surface area (Å²) >= 11 is 2.96. The fourth-order valence-electron chi connectivity index (χ4n) is 2.12. The Morgan fingerprint density at radius 1 is 1.36 bits per heavy atom. The molecule has 2 heterocycles. The Kier molecular flexibility index (Phi) is 6.16. The second-order valence-corrected chi connectivity index (χ2v) is 7.11. The van der Waals surface area contributed by atoms with Gasteiger partial charge in [0, 0.05) is 13.2 Å². The van der Waals surface area contributed by atoms with E-state index in [4.69, 9.17) is 9.47 Å². The number of rotatable bonds is 5. The molecule has 0 aliphatic heterocycles. The molecule has 2 aromatic heterocycles. The van der Waals surface area contributed by atoms with E-state index in [1.54, 1.807) is 27.1 Å². The predicted molar refractivity (Wildman–Crippen MR) is 100 cm³/mol. The third-order valence-electron chi connectivity index (χ3n) is 3.22. The molecule has 0 fully saturated rings. The first-order chi connectivity index (χ1) is 11.8. The van der Waals surface area contributed by atoms with Crippen molar-refractivity contribution in [2.24, 2.45) is 7.05 Å². The van der Waals surface area contributed by atoms with Crippen molar-refractivity contribution in [2.45, 2.75) is 13.8 Å². The maximum atomic E-state index is 12.5. The van der Waals surface area contributed by atoms with Gasteiger partial charge in [0.15, 0.2) is 5.69 Å². The summed E-state index contributed by atoms with van der Waals surface area (Å²) in [6.45, 7) is 3.50. The summed E-state index contributed by atoms with van der Waals surface area (Å²) in [6, 6.07) is 0. The van der Waals surface area contributed by atoms with E-state index in [1.165, 1.54) is 11.8 Å². The minimum absolute atomic E-state index is 0.134. The van der Waals surface area contributed by atoms with Crippen LogP contribution < -0.4 is 5.32 Å². The molecule has 0 spiro atoms. The Balaban J connectivity index is 2.43. The van der Waals surface area contributed by atoms with Crippen LogP contribution in [0.1, 0.15) is 43.0 Å². The lowest BCUT2D eigenvalue weighted by molar-refractivity contribution is 0.0531. The number of anilines is 1. The highest BCUT2D eigenvalue weighted by atomic mass is 127. The Labute approximate surface area is 161 Å². The van der Waals surface area contributed by atoms with Gasteiger partial charge in [-0.25, -0.2) is 9.59 Å². The maximum Gasteiger partial charge on any atom is 0.348 e. The predicted octanol–water partition coefficient (Wildman–Crippen LogP) is 2.61. The highest BCUT2D eigenvalue weighted by molar-refractivity contribution is 14.1. The van der Waals surface area contributed by atoms with Gasteiger partial charge in [0.05, 0.1) is 22.9 Å². The zero-order valence-electron chi connectivity index (χ0n) is 14.0. The Morgan fingerprint density at radius 2 is 2.04 bits per heavy atom. The highest BCUT2D eigenvalue weighted by Crippen LogP contribution is 2.34. The molecule has 1 N–H and O–H groups in total. The van der Waals surface area contributed by atoms with Crippen molar-refractivity contribution in [1.29, 1.82) is 0 Å². The summed E-state index contributed by atoms with van der Waals surface area (Å²) in [7, 11) is 2.93. The summed E-state index contributed by atoms with van der Waals surface area (Å²) in [5, 5.41) is 6.95. The van der Waals surface area contributed by atoms with Crippen LogP contribution in [-0.4, -0.2) is 41.3 Å². The zero-order chi connectivity index (χ0) is 18.7. The van der Waals surface area contributed by atoms with Gasteiger partial charge >= 0.3 is 11.9 Å². The molecular weight excluding hydrogens is 461 g/mol. The van der Waals surface area contributed by atoms with E-state index in [-0.39, 0.29) is 27.7 Å². The Morgan fingerprint density at radius 3 is 2.56 bits per heavy atom. The number of aromatic nitrogens is 2. The molecule has 0 bridgehead atoms. The van der Waals surface area contributed by atoms with Crippen LogP contribution in [-0.2, 0) is 16.5 Å². The second-order valence-electron chi connectivity index (χ2n) is 4.93. The number of carbonyl (C=O) groups is 3. The second kappa shape index (κ2) is 7.95. The van der Waals surface area contributed by atoms with Gasteiger partial charge in [-0.05, 0) is 42.0 Å². The van der Waals surface area contributed by atoms with Gasteiger partial charge in [-0.2, -0.15) is 5.10 Å². The number of methoxy groups -OCH3 is 1. The lowest BCUT2D eigenvalue weighted by Crippen LogP contribution is -2.16. The average molecular weight is 477 g/mol. The smallest absolute Gasteiger partial charge is 0.348 e. The first-order valence-electron chi connectivity index (χ1n) is 7.19. The fourth-order valence-corrected chi connectivity index (χ4v) is 3.96. The highest BCUT2D eigenvalue weighted by Gasteiger charge is 2.28. The summed E-state index contributed by atoms with van der Waals surface area (Å²) in [4.78, 5) is 36.9. The minimum atomic E-state index is -0.643. The van der Waals surface area contributed by atoms with E-state index in [0.29, 0.717) is 9.13 Å². The van der Waals surface area contributed by atoms with Crippen LogP contribution in [0.4, 0.5) is 5.00 Å². The molecule has 0 aliphatic rings. The van der Waals surface area contributed by atoms with Crippen molar-refractivity contribution in [1.82, 2.24) is 9.78 Å². The Bertz CT molecular complexity index is 843. The van der Waals surface area contributed by atoms with Gasteiger partial charge in [0.1, 0.15) is 9.88 Å². The van der Waals surface area contributed by atoms with Crippen molar-refractivity contribution < 1.29 is 23.9 Å². The number of thiophene rings is 1. The third kappa shape index (κ3) is 4.00. The molecule has 1 amide bonds. The number of nitrogens with zero attached hydrogens (tertiary/aromatic N) is 2. The van der Waals surface area contributed by atoms with E-state index in [1.807, 2.05) is 22.6 Å². The van der Waals surface area contributed by atoms with Crippen molar-refractivity contribution in [3.63, 3.8) is 0 Å². The molecule has 0 saturated carbocycles. The van der Waals surface area contributed by atoms with E-state index < -0.39 is 17.8 Å². The molecule has 0 atom stereocenters. The van der Waals surface area contributed by atoms with E-state index in [0.717, 1.165) is 11.3 Å². The number of nitrogens with one attached hydrogen (secondary N) is 1. The normalized spacial score (nSPS) is 10.4. The van der Waals surface area contributed by atoms with Crippen LogP contribution in [0.15, 0.2) is 6.20 Å². The Hall–Kier alpha value is -1.95. The zero-order valence-corrected chi connectivity index (χ0v) is 17.0. The lowest BCUT2D eigenvalue weighted by atomic mass is 10.1. The number of hydrogen-bond donors (Lipinski definition) is 1. The molecule has 10 heteroatoms. The number of ether oxygens (including phenoxy) is 2. The number of hydrogen-bond acceptors (Lipinski definition) is 7. The quantitative estimate of drug-likeness (QED) is 0.525. The molecule has 0 aliphatic carbocycles. The minimum Gasteiger partial charge on any atom is -0.465 e. The average Bonchev–Trinajstić information content (AvgIpc) is 3.06. The molecule has 0 unspecified atom stereocenters. The number of aryl methyl sites for hydroxylation is 1. The third-order valence-corrected chi connectivity index (χ3v) is 5.20. The summed E-state index contributed by atoms with van der Waals surface area (Å²) in [6.07, 6.45) is 1.69. The summed E-state index contributed by atoms with van der Waals surface area (Å²) in [5.74, 6) is -1.68. The van der Waals surface area contributed by atoms with Crippen molar-refractivity contribution in [2.75, 3.05) is 19.0 Å². The van der Waals surface area contributed by atoms with Crippen LogP contribution in [0.2, 0.25) is 0 Å². The van der Waals surface area contributed by atoms with Crippen LogP contribution in [0.5, 0.6) is 0 Å². The summed E-state index contributed by atoms with van der Waals surface area (Å²) in [5.41, 5.74) is 0.763. The summed E-state index contributed by atoms with van der Waals surface area (Å²) < 4.78 is 11.9. The molecule has 134 valence electrons. The number of carbonyl (C=O) groups excluding carboxylic acids is 3. The topological polar surface area (TPSA) is 99.5 Å². The monoisotopic (exact) mass is 477 g/mol. The lowest BCUT2D eigenvalue weighted by Gasteiger charge is -2.05. The molecule has 0 saturated heterocycles. The van der Waals surface area contributed by atoms with Gasteiger partial charge in [0.2, 0.25) is 0 Å². The van der Waals surface area contributed by atoms with Gasteiger partial charge < -0.3 is 14.8 Å². The fraction of sp³-hybridized carbons (Fsp3) is 0.333. The van der Waals surface area contributed by atoms with Crippen LogP contribution in [0.25, 0.3) is 0 Å². The molecule has 25 heavy (non-hydrogen) atoms. The van der Waals surface area contributed by atoms with E-state index in [9.17, 15) is 14.4 Å². The first-order valence-corrected chi connectivity index (χ1v) is 9.08. The number of amides is 1. The molecule has 0 radical (unpaired) electrons. The van der Waals surface area contributed by atoms with Gasteiger partial charge in [-0.15, -0.1) is 11.3 Å². The maximum absolute atomic E-state index is 12.5. The SMILES string of the molecule is CCOC(=O)c1sc(NC(=O)c2nn(C)cc2I)c(C(=O)OC)c1C. The largest absolute Gasteiger partial charge is 0.465 e. The van der Waals surface area contributed by atoms with E-state index >= 15 is 0 Å². The van der Waals surface area contributed by atoms with Gasteiger partial charge in [-0.1, -0.05) is 0 Å². The van der Waals surface area contributed by atoms with Crippen molar-refractivity contribution >= 4 is 56.8 Å². The standard InChI is InChI=1S/C15H16IN3O5S/c1-5-24-15(22)11-7(2)9(14(21)23-4)13(25-11)17-12(20)10-8(16)6-19(3)18-10/h6H,5H2,1-4H3,(H,17,20). The van der Waals surface area contributed by atoms with E-state index in [2.05, 4.69) is 10.4 Å². The number of halogens is 1. The van der Waals surface area contributed by atoms with Crippen LogP contribution >= 0.6 is 33.9 Å².